The molecule has 0 bridgehead atoms. The minimum Gasteiger partial charge on any atom is -0.465 e. The van der Waals surface area contributed by atoms with Gasteiger partial charge in [0.25, 0.3) is 0 Å². The van der Waals surface area contributed by atoms with Crippen molar-refractivity contribution in [2.45, 2.75) is 31.1 Å². The van der Waals surface area contributed by atoms with Crippen LogP contribution in [0, 0.1) is 12.8 Å². The number of thiophene rings is 1. The molecule has 0 spiro atoms. The number of sulfonamides is 1. The number of aryl methyl sites for hydroxylation is 1. The quantitative estimate of drug-likeness (QED) is 0.815. The van der Waals surface area contributed by atoms with E-state index < -0.39 is 16.0 Å². The van der Waals surface area contributed by atoms with Crippen molar-refractivity contribution in [2.24, 2.45) is 5.92 Å². The van der Waals surface area contributed by atoms with Gasteiger partial charge in [-0.1, -0.05) is 12.8 Å². The topological polar surface area (TPSA) is 72.5 Å². The summed E-state index contributed by atoms with van der Waals surface area (Å²) in [6.07, 6.45) is 3.23. The third-order valence-corrected chi connectivity index (χ3v) is 5.95. The molecule has 1 fully saturated rings. The smallest absolute Gasteiger partial charge is 0.349 e. The molecule has 7 heteroatoms. The van der Waals surface area contributed by atoms with Gasteiger partial charge in [0, 0.05) is 6.54 Å². The molecule has 0 amide bonds. The standard InChI is InChI=1S/C12H17NO4S2/c1-8-7-18-10(12(14)17-2)11(8)19(15,16)13-6-5-9-3-4-9/h7,9,13H,3-6H2,1-2H3. The van der Waals surface area contributed by atoms with Crippen LogP contribution in [0.25, 0.3) is 0 Å². The van der Waals surface area contributed by atoms with Crippen LogP contribution in [0.15, 0.2) is 10.3 Å². The number of hydrogen-bond donors (Lipinski definition) is 1. The zero-order valence-corrected chi connectivity index (χ0v) is 12.6. The molecule has 0 aliphatic heterocycles. The summed E-state index contributed by atoms with van der Waals surface area (Å²) in [5.74, 6) is 0.0482. The Kier molecular flexibility index (Phi) is 4.27. The van der Waals surface area contributed by atoms with Crippen LogP contribution < -0.4 is 4.72 Å². The third-order valence-electron chi connectivity index (χ3n) is 3.10. The van der Waals surface area contributed by atoms with E-state index in [9.17, 15) is 13.2 Å². The largest absolute Gasteiger partial charge is 0.465 e. The molecule has 106 valence electrons. The summed E-state index contributed by atoms with van der Waals surface area (Å²) in [5, 5.41) is 1.65. The lowest BCUT2D eigenvalue weighted by Crippen LogP contribution is -2.26. The molecule has 1 saturated carbocycles. The van der Waals surface area contributed by atoms with Crippen molar-refractivity contribution in [3.8, 4) is 0 Å². The molecule has 19 heavy (non-hydrogen) atoms. The molecular weight excluding hydrogens is 286 g/mol. The maximum atomic E-state index is 12.2. The molecule has 0 aromatic carbocycles. The molecular formula is C12H17NO4S2. The van der Waals surface area contributed by atoms with Crippen molar-refractivity contribution in [1.82, 2.24) is 4.72 Å². The van der Waals surface area contributed by atoms with Gasteiger partial charge in [-0.2, -0.15) is 0 Å². The fourth-order valence-corrected chi connectivity index (χ4v) is 4.63. The Morgan fingerprint density at radius 2 is 2.21 bits per heavy atom. The Hall–Kier alpha value is -0.920. The average molecular weight is 303 g/mol. The van der Waals surface area contributed by atoms with Gasteiger partial charge in [0.2, 0.25) is 10.0 Å². The molecule has 1 aliphatic carbocycles. The van der Waals surface area contributed by atoms with Crippen molar-refractivity contribution in [2.75, 3.05) is 13.7 Å². The molecule has 1 aliphatic rings. The van der Waals surface area contributed by atoms with E-state index in [1.54, 1.807) is 12.3 Å². The van der Waals surface area contributed by atoms with Gasteiger partial charge in [-0.05, 0) is 30.2 Å². The van der Waals surface area contributed by atoms with Crippen molar-refractivity contribution < 1.29 is 17.9 Å². The molecule has 1 aromatic heterocycles. The number of carbonyl (C=O) groups excluding carboxylic acids is 1. The van der Waals surface area contributed by atoms with Crippen LogP contribution in [-0.4, -0.2) is 28.0 Å². The van der Waals surface area contributed by atoms with E-state index in [1.807, 2.05) is 0 Å². The lowest BCUT2D eigenvalue weighted by molar-refractivity contribution is 0.0602. The Morgan fingerprint density at radius 3 is 2.79 bits per heavy atom. The number of esters is 1. The highest BCUT2D eigenvalue weighted by Crippen LogP contribution is 2.32. The van der Waals surface area contributed by atoms with Gasteiger partial charge in [-0.25, -0.2) is 17.9 Å². The predicted molar refractivity (Wildman–Crippen MR) is 72.9 cm³/mol. The second-order valence-corrected chi connectivity index (χ2v) is 7.28. The average Bonchev–Trinajstić information content (AvgIpc) is 3.08. The first-order valence-corrected chi connectivity index (χ1v) is 8.48. The minimum absolute atomic E-state index is 0.0557. The number of rotatable bonds is 6. The molecule has 0 atom stereocenters. The zero-order chi connectivity index (χ0) is 14.0. The Morgan fingerprint density at radius 1 is 1.53 bits per heavy atom. The summed E-state index contributed by atoms with van der Waals surface area (Å²) < 4.78 is 31.7. The van der Waals surface area contributed by atoms with E-state index in [2.05, 4.69) is 9.46 Å². The van der Waals surface area contributed by atoms with Gasteiger partial charge >= 0.3 is 5.97 Å². The predicted octanol–water partition coefficient (Wildman–Crippen LogP) is 1.92. The van der Waals surface area contributed by atoms with Crippen molar-refractivity contribution >= 4 is 27.3 Å². The highest BCUT2D eigenvalue weighted by atomic mass is 32.2. The molecule has 0 unspecified atom stereocenters. The fraction of sp³-hybridized carbons (Fsp3) is 0.583. The van der Waals surface area contributed by atoms with Crippen molar-refractivity contribution in [1.29, 1.82) is 0 Å². The molecule has 1 N–H and O–H groups in total. The van der Waals surface area contributed by atoms with Crippen LogP contribution in [0.5, 0.6) is 0 Å². The second kappa shape index (κ2) is 5.60. The van der Waals surface area contributed by atoms with E-state index in [4.69, 9.17) is 0 Å². The highest BCUT2D eigenvalue weighted by molar-refractivity contribution is 7.89. The summed E-state index contributed by atoms with van der Waals surface area (Å²) in [4.78, 5) is 11.8. The van der Waals surface area contributed by atoms with Crippen molar-refractivity contribution in [3.63, 3.8) is 0 Å². The second-order valence-electron chi connectivity index (χ2n) is 4.70. The van der Waals surface area contributed by atoms with Gasteiger partial charge in [0.05, 0.1) is 7.11 Å². The first-order valence-electron chi connectivity index (χ1n) is 6.11. The first kappa shape index (κ1) is 14.5. The number of ether oxygens (including phenoxy) is 1. The third kappa shape index (κ3) is 3.34. The van der Waals surface area contributed by atoms with Crippen LogP contribution in [0.2, 0.25) is 0 Å². The molecule has 1 aromatic rings. The Balaban J connectivity index is 2.18. The summed E-state index contributed by atoms with van der Waals surface area (Å²) in [5.41, 5.74) is 0.573. The van der Waals surface area contributed by atoms with Gasteiger partial charge in [-0.15, -0.1) is 11.3 Å². The maximum Gasteiger partial charge on any atom is 0.349 e. The Labute approximate surface area is 117 Å². The van der Waals surface area contributed by atoms with Gasteiger partial charge in [0.1, 0.15) is 9.77 Å². The van der Waals surface area contributed by atoms with E-state index in [-0.39, 0.29) is 9.77 Å². The van der Waals surface area contributed by atoms with E-state index in [1.165, 1.54) is 20.0 Å². The summed E-state index contributed by atoms with van der Waals surface area (Å²) in [6, 6.07) is 0. The molecule has 5 nitrogen and oxygen atoms in total. The van der Waals surface area contributed by atoms with Crippen LogP contribution in [0.1, 0.15) is 34.5 Å². The SMILES string of the molecule is COC(=O)c1scc(C)c1S(=O)(=O)NCCC1CC1. The number of carbonyl (C=O) groups is 1. The lowest BCUT2D eigenvalue weighted by Gasteiger charge is -2.08. The zero-order valence-electron chi connectivity index (χ0n) is 10.9. The first-order chi connectivity index (χ1) is 8.95. The van der Waals surface area contributed by atoms with Gasteiger partial charge in [-0.3, -0.25) is 0 Å². The van der Waals surface area contributed by atoms with Gasteiger partial charge < -0.3 is 4.74 Å². The lowest BCUT2D eigenvalue weighted by atomic mass is 10.3. The monoisotopic (exact) mass is 303 g/mol. The van der Waals surface area contributed by atoms with E-state index in [0.29, 0.717) is 18.0 Å². The highest BCUT2D eigenvalue weighted by Gasteiger charge is 2.28. The van der Waals surface area contributed by atoms with E-state index >= 15 is 0 Å². The summed E-state index contributed by atoms with van der Waals surface area (Å²) in [6.45, 7) is 2.10. The summed E-state index contributed by atoms with van der Waals surface area (Å²) in [7, 11) is -2.40. The molecule has 0 radical (unpaired) electrons. The number of nitrogens with one attached hydrogen (secondary N) is 1. The minimum atomic E-state index is -3.64. The van der Waals surface area contributed by atoms with Gasteiger partial charge in [0.15, 0.2) is 0 Å². The maximum absolute atomic E-state index is 12.2. The molecule has 0 saturated heterocycles. The van der Waals surface area contributed by atoms with E-state index in [0.717, 1.165) is 17.8 Å². The molecule has 1 heterocycles. The van der Waals surface area contributed by atoms with Crippen molar-refractivity contribution in [3.05, 3.63) is 15.8 Å². The molecule has 2 rings (SSSR count). The number of hydrogen-bond acceptors (Lipinski definition) is 5. The van der Waals surface area contributed by atoms with Crippen LogP contribution in [0.3, 0.4) is 0 Å². The Bertz CT molecular complexity index is 573. The van der Waals surface area contributed by atoms with Crippen LogP contribution in [-0.2, 0) is 14.8 Å². The fourth-order valence-electron chi connectivity index (χ4n) is 1.88. The summed E-state index contributed by atoms with van der Waals surface area (Å²) >= 11 is 1.09. The van der Waals surface area contributed by atoms with Crippen LogP contribution in [0.4, 0.5) is 0 Å². The van der Waals surface area contributed by atoms with Crippen LogP contribution >= 0.6 is 11.3 Å². The normalized spacial score (nSPS) is 15.5. The number of methoxy groups -OCH3 is 1.